The van der Waals surface area contributed by atoms with Crippen LogP contribution in [-0.4, -0.2) is 48.0 Å². The maximum Gasteiger partial charge on any atom is 0.408 e. The lowest BCUT2D eigenvalue weighted by Gasteiger charge is -2.32. The molecule has 0 aliphatic rings. The highest BCUT2D eigenvalue weighted by molar-refractivity contribution is 5.91. The minimum absolute atomic E-state index is 0.278. The van der Waals surface area contributed by atoms with Crippen molar-refractivity contribution in [3.05, 3.63) is 35.4 Å². The summed E-state index contributed by atoms with van der Waals surface area (Å²) >= 11 is 0. The first-order valence-corrected chi connectivity index (χ1v) is 12.2. The smallest absolute Gasteiger partial charge is 0.408 e. The van der Waals surface area contributed by atoms with Gasteiger partial charge in [0, 0.05) is 18.7 Å². The molecule has 0 saturated carbocycles. The molecule has 1 atom stereocenters. The van der Waals surface area contributed by atoms with Crippen molar-refractivity contribution in [1.82, 2.24) is 15.5 Å². The van der Waals surface area contributed by atoms with E-state index in [4.69, 9.17) is 11.2 Å². The van der Waals surface area contributed by atoms with E-state index in [1.807, 2.05) is 13.0 Å². The van der Waals surface area contributed by atoms with Crippen molar-refractivity contribution in [3.63, 3.8) is 0 Å². The molecule has 1 rings (SSSR count). The number of benzene rings is 1. The molecule has 0 spiro atoms. The zero-order valence-electron chi connectivity index (χ0n) is 21.4. The maximum atomic E-state index is 13.4. The van der Waals surface area contributed by atoms with Crippen LogP contribution in [0.25, 0.3) is 0 Å². The van der Waals surface area contributed by atoms with Gasteiger partial charge in [0.1, 0.15) is 18.2 Å². The summed E-state index contributed by atoms with van der Waals surface area (Å²) < 4.78 is 5.25. The largest absolute Gasteiger partial charge is 0.444 e. The standard InChI is InChI=1S/C27H41N3O4/c1-7-10-12-15-19-30(23(31)20-29-26(33)34-27(4,5)6)24(25(32)28-18-11-8-2)22-17-14-13-16-21(22)9-3/h3,13-14,16-17,24H,7-8,10-12,15,18-20H2,1-2,4-6H3,(H,28,32)(H,29,33). The van der Waals surface area contributed by atoms with Crippen LogP contribution in [0.4, 0.5) is 4.79 Å². The third-order valence-corrected chi connectivity index (χ3v) is 5.16. The van der Waals surface area contributed by atoms with Gasteiger partial charge < -0.3 is 20.3 Å². The van der Waals surface area contributed by atoms with E-state index in [9.17, 15) is 14.4 Å². The van der Waals surface area contributed by atoms with Crippen molar-refractivity contribution in [3.8, 4) is 12.3 Å². The highest BCUT2D eigenvalue weighted by Gasteiger charge is 2.32. The fourth-order valence-electron chi connectivity index (χ4n) is 3.47. The van der Waals surface area contributed by atoms with Crippen LogP contribution in [0.3, 0.4) is 0 Å². The van der Waals surface area contributed by atoms with E-state index in [0.29, 0.717) is 24.2 Å². The van der Waals surface area contributed by atoms with E-state index < -0.39 is 17.7 Å². The Morgan fingerprint density at radius 1 is 1.03 bits per heavy atom. The molecule has 1 unspecified atom stereocenters. The predicted molar refractivity (Wildman–Crippen MR) is 135 cm³/mol. The molecule has 34 heavy (non-hydrogen) atoms. The third kappa shape index (κ3) is 10.3. The van der Waals surface area contributed by atoms with E-state index in [1.165, 1.54) is 4.90 Å². The summed E-state index contributed by atoms with van der Waals surface area (Å²) in [6.45, 7) is 10.0. The summed E-state index contributed by atoms with van der Waals surface area (Å²) in [5.41, 5.74) is 0.477. The van der Waals surface area contributed by atoms with Crippen molar-refractivity contribution in [2.24, 2.45) is 0 Å². The van der Waals surface area contributed by atoms with Gasteiger partial charge in [0.05, 0.1) is 0 Å². The maximum absolute atomic E-state index is 13.4. The fraction of sp³-hybridized carbons (Fsp3) is 0.593. The highest BCUT2D eigenvalue weighted by Crippen LogP contribution is 2.25. The van der Waals surface area contributed by atoms with Crippen molar-refractivity contribution in [1.29, 1.82) is 0 Å². The number of terminal acetylenes is 1. The van der Waals surface area contributed by atoms with E-state index in [2.05, 4.69) is 23.5 Å². The number of rotatable bonds is 13. The molecule has 1 aromatic rings. The highest BCUT2D eigenvalue weighted by atomic mass is 16.6. The lowest BCUT2D eigenvalue weighted by Crippen LogP contribution is -2.48. The number of ether oxygens (including phenoxy) is 1. The van der Waals surface area contributed by atoms with Gasteiger partial charge in [-0.15, -0.1) is 6.42 Å². The monoisotopic (exact) mass is 471 g/mol. The van der Waals surface area contributed by atoms with Crippen LogP contribution in [0.2, 0.25) is 0 Å². The fourth-order valence-corrected chi connectivity index (χ4v) is 3.47. The summed E-state index contributed by atoms with van der Waals surface area (Å²) in [6.07, 6.45) is 10.6. The molecule has 3 amide bonds. The first-order chi connectivity index (χ1) is 16.1. The van der Waals surface area contributed by atoms with Gasteiger partial charge in [0.2, 0.25) is 11.8 Å². The lowest BCUT2D eigenvalue weighted by molar-refractivity contribution is -0.140. The van der Waals surface area contributed by atoms with Crippen molar-refractivity contribution >= 4 is 17.9 Å². The summed E-state index contributed by atoms with van der Waals surface area (Å²) in [7, 11) is 0. The molecular weight excluding hydrogens is 430 g/mol. The van der Waals surface area contributed by atoms with Gasteiger partial charge in [0.25, 0.3) is 0 Å². The number of unbranched alkanes of at least 4 members (excludes halogenated alkanes) is 4. The van der Waals surface area contributed by atoms with Gasteiger partial charge in [-0.05, 0) is 45.2 Å². The van der Waals surface area contributed by atoms with Crippen LogP contribution in [0.1, 0.15) is 90.3 Å². The molecule has 1 aromatic carbocycles. The molecule has 0 heterocycles. The summed E-state index contributed by atoms with van der Waals surface area (Å²) in [5, 5.41) is 5.48. The Labute approximate surface area is 205 Å². The van der Waals surface area contributed by atoms with E-state index in [-0.39, 0.29) is 18.4 Å². The second-order valence-corrected chi connectivity index (χ2v) is 9.28. The van der Waals surface area contributed by atoms with Crippen LogP contribution < -0.4 is 10.6 Å². The topological polar surface area (TPSA) is 87.7 Å². The minimum Gasteiger partial charge on any atom is -0.444 e. The number of carbonyl (C=O) groups excluding carboxylic acids is 3. The summed E-state index contributed by atoms with van der Waals surface area (Å²) in [6, 6.07) is 6.27. The minimum atomic E-state index is -0.890. The number of amides is 3. The molecule has 188 valence electrons. The number of carbonyl (C=O) groups is 3. The molecule has 0 aliphatic carbocycles. The summed E-state index contributed by atoms with van der Waals surface area (Å²) in [5.74, 6) is 1.99. The average Bonchev–Trinajstić information content (AvgIpc) is 2.78. The normalized spacial score (nSPS) is 11.8. The first kappa shape index (κ1) is 29.0. The van der Waals surface area contributed by atoms with Gasteiger partial charge in [-0.2, -0.15) is 0 Å². The summed E-state index contributed by atoms with van der Waals surface area (Å²) in [4.78, 5) is 40.4. The Hall–Kier alpha value is -3.01. The average molecular weight is 472 g/mol. The zero-order chi connectivity index (χ0) is 25.6. The SMILES string of the molecule is C#Cc1ccccc1C(C(=O)NCCCC)N(CCCCCC)C(=O)CNC(=O)OC(C)(C)C. The van der Waals surface area contributed by atoms with Crippen molar-refractivity contribution < 1.29 is 19.1 Å². The van der Waals surface area contributed by atoms with Crippen LogP contribution in [0.15, 0.2) is 24.3 Å². The van der Waals surface area contributed by atoms with Crippen molar-refractivity contribution in [2.75, 3.05) is 19.6 Å². The number of alkyl carbamates (subject to hydrolysis) is 1. The van der Waals surface area contributed by atoms with E-state index >= 15 is 0 Å². The molecule has 0 saturated heterocycles. The third-order valence-electron chi connectivity index (χ3n) is 5.16. The predicted octanol–water partition coefficient (Wildman–Crippen LogP) is 4.56. The quantitative estimate of drug-likeness (QED) is 0.326. The molecule has 0 bridgehead atoms. The van der Waals surface area contributed by atoms with Crippen LogP contribution in [0, 0.1) is 12.3 Å². The number of hydrogen-bond donors (Lipinski definition) is 2. The van der Waals surface area contributed by atoms with Crippen LogP contribution >= 0.6 is 0 Å². The molecule has 0 aliphatic heterocycles. The molecule has 0 radical (unpaired) electrons. The van der Waals surface area contributed by atoms with Gasteiger partial charge in [0.15, 0.2) is 0 Å². The second-order valence-electron chi connectivity index (χ2n) is 9.28. The first-order valence-electron chi connectivity index (χ1n) is 12.2. The van der Waals surface area contributed by atoms with E-state index in [1.54, 1.807) is 39.0 Å². The Bertz CT molecular complexity index is 839. The molecule has 0 fully saturated rings. The second kappa shape index (κ2) is 15.0. The molecule has 2 N–H and O–H groups in total. The zero-order valence-corrected chi connectivity index (χ0v) is 21.4. The van der Waals surface area contributed by atoms with Crippen LogP contribution in [-0.2, 0) is 14.3 Å². The number of nitrogens with zero attached hydrogens (tertiary/aromatic N) is 1. The lowest BCUT2D eigenvalue weighted by atomic mass is 9.97. The van der Waals surface area contributed by atoms with Gasteiger partial charge in [-0.3, -0.25) is 9.59 Å². The number of hydrogen-bond acceptors (Lipinski definition) is 4. The Morgan fingerprint density at radius 2 is 1.71 bits per heavy atom. The molecule has 7 nitrogen and oxygen atoms in total. The molecule has 7 heteroatoms. The van der Waals surface area contributed by atoms with Crippen molar-refractivity contribution in [2.45, 2.75) is 84.8 Å². The van der Waals surface area contributed by atoms with Gasteiger partial charge >= 0.3 is 6.09 Å². The Morgan fingerprint density at radius 3 is 2.32 bits per heavy atom. The Balaban J connectivity index is 3.24. The van der Waals surface area contributed by atoms with E-state index in [0.717, 1.165) is 38.5 Å². The van der Waals surface area contributed by atoms with Crippen LogP contribution in [0.5, 0.6) is 0 Å². The molecule has 0 aromatic heterocycles. The van der Waals surface area contributed by atoms with Gasteiger partial charge in [-0.25, -0.2) is 4.79 Å². The number of nitrogens with one attached hydrogen (secondary N) is 2. The molecular formula is C27H41N3O4. The Kier molecular flexibility index (Phi) is 12.8. The van der Waals surface area contributed by atoms with Gasteiger partial charge in [-0.1, -0.05) is 63.7 Å².